The van der Waals surface area contributed by atoms with E-state index in [0.29, 0.717) is 12.5 Å². The molecular weight excluding hydrogens is 236 g/mol. The van der Waals surface area contributed by atoms with Gasteiger partial charge in [0.2, 0.25) is 5.91 Å². The molecule has 19 heavy (non-hydrogen) atoms. The van der Waals surface area contributed by atoms with E-state index < -0.39 is 5.41 Å². The lowest BCUT2D eigenvalue weighted by Crippen LogP contribution is -2.57. The van der Waals surface area contributed by atoms with Crippen molar-refractivity contribution in [3.05, 3.63) is 35.9 Å². The summed E-state index contributed by atoms with van der Waals surface area (Å²) in [7, 11) is 0. The van der Waals surface area contributed by atoms with Gasteiger partial charge >= 0.3 is 0 Å². The van der Waals surface area contributed by atoms with Crippen molar-refractivity contribution in [2.75, 3.05) is 6.54 Å². The summed E-state index contributed by atoms with van der Waals surface area (Å²) in [5, 5.41) is 3.18. The fourth-order valence-corrected chi connectivity index (χ4v) is 2.44. The molecule has 3 heteroatoms. The first kappa shape index (κ1) is 14.1. The number of hydrogen-bond donors (Lipinski definition) is 2. The monoisotopic (exact) mass is 260 g/mol. The van der Waals surface area contributed by atoms with Crippen LogP contribution in [0.25, 0.3) is 0 Å². The first-order valence-corrected chi connectivity index (χ1v) is 6.98. The Hall–Kier alpha value is -1.35. The van der Waals surface area contributed by atoms with Crippen molar-refractivity contribution in [3.8, 4) is 0 Å². The highest BCUT2D eigenvalue weighted by Crippen LogP contribution is 2.39. The number of hydrogen-bond acceptors (Lipinski definition) is 2. The number of nitrogens with one attached hydrogen (secondary N) is 1. The summed E-state index contributed by atoms with van der Waals surface area (Å²) in [5.74, 6) is 0.589. The molecule has 0 bridgehead atoms. The minimum Gasteiger partial charge on any atom is -0.349 e. The van der Waals surface area contributed by atoms with E-state index in [1.54, 1.807) is 0 Å². The first-order chi connectivity index (χ1) is 8.90. The smallest absolute Gasteiger partial charge is 0.230 e. The molecule has 1 aromatic rings. The van der Waals surface area contributed by atoms with Crippen LogP contribution in [0.4, 0.5) is 0 Å². The van der Waals surface area contributed by atoms with Gasteiger partial charge in [0.15, 0.2) is 0 Å². The second kappa shape index (κ2) is 4.97. The minimum absolute atomic E-state index is 0.0542. The van der Waals surface area contributed by atoms with Gasteiger partial charge < -0.3 is 11.1 Å². The third-order valence-electron chi connectivity index (χ3n) is 4.36. The molecule has 0 saturated heterocycles. The molecule has 2 rings (SSSR count). The Kier molecular flexibility index (Phi) is 3.68. The van der Waals surface area contributed by atoms with Crippen molar-refractivity contribution in [3.63, 3.8) is 0 Å². The van der Waals surface area contributed by atoms with Gasteiger partial charge in [0.1, 0.15) is 0 Å². The Morgan fingerprint density at radius 1 is 1.26 bits per heavy atom. The molecular formula is C16H24N2O. The molecule has 3 N–H and O–H groups in total. The van der Waals surface area contributed by atoms with Crippen LogP contribution >= 0.6 is 0 Å². The van der Waals surface area contributed by atoms with Gasteiger partial charge in [0.25, 0.3) is 0 Å². The van der Waals surface area contributed by atoms with Gasteiger partial charge in [-0.1, -0.05) is 30.3 Å². The van der Waals surface area contributed by atoms with Crippen LogP contribution in [-0.2, 0) is 10.2 Å². The Labute approximate surface area is 115 Å². The summed E-state index contributed by atoms with van der Waals surface area (Å²) in [5.41, 5.74) is 6.10. The summed E-state index contributed by atoms with van der Waals surface area (Å²) >= 11 is 0. The standard InChI is InChI=1S/C16H24N2O/c1-15(2,12-7-5-4-6-8-12)14(19)18-16(3,11-17)13-9-10-13/h4-8,13H,9-11,17H2,1-3H3,(H,18,19). The van der Waals surface area contributed by atoms with E-state index in [-0.39, 0.29) is 11.4 Å². The number of nitrogens with two attached hydrogens (primary N) is 1. The summed E-state index contributed by atoms with van der Waals surface area (Å²) in [6.45, 7) is 6.47. The van der Waals surface area contributed by atoms with Crippen LogP contribution in [0.3, 0.4) is 0 Å². The predicted molar refractivity (Wildman–Crippen MR) is 77.8 cm³/mol. The van der Waals surface area contributed by atoms with Gasteiger partial charge in [-0.3, -0.25) is 4.79 Å². The first-order valence-electron chi connectivity index (χ1n) is 6.98. The number of amides is 1. The minimum atomic E-state index is -0.535. The molecule has 0 spiro atoms. The summed E-state index contributed by atoms with van der Waals surface area (Å²) in [6.07, 6.45) is 2.33. The lowest BCUT2D eigenvalue weighted by Gasteiger charge is -2.34. The molecule has 1 amide bonds. The Balaban J connectivity index is 2.15. The molecule has 1 aliphatic rings. The van der Waals surface area contributed by atoms with Gasteiger partial charge in [-0.05, 0) is 45.1 Å². The Morgan fingerprint density at radius 3 is 2.32 bits per heavy atom. The van der Waals surface area contributed by atoms with Crippen LogP contribution in [0.2, 0.25) is 0 Å². The summed E-state index contributed by atoms with van der Waals surface area (Å²) in [4.78, 5) is 12.6. The van der Waals surface area contributed by atoms with Gasteiger partial charge in [0.05, 0.1) is 11.0 Å². The maximum Gasteiger partial charge on any atom is 0.230 e. The average Bonchev–Trinajstić information content (AvgIpc) is 3.24. The van der Waals surface area contributed by atoms with E-state index in [4.69, 9.17) is 5.73 Å². The molecule has 1 saturated carbocycles. The van der Waals surface area contributed by atoms with Gasteiger partial charge in [-0.2, -0.15) is 0 Å². The molecule has 104 valence electrons. The predicted octanol–water partition coefficient (Wildman–Crippen LogP) is 2.21. The van der Waals surface area contributed by atoms with E-state index in [1.807, 2.05) is 44.2 Å². The molecule has 0 heterocycles. The highest BCUT2D eigenvalue weighted by atomic mass is 16.2. The molecule has 1 aromatic carbocycles. The number of carbonyl (C=O) groups excluding carboxylic acids is 1. The van der Waals surface area contributed by atoms with Gasteiger partial charge in [0, 0.05) is 6.54 Å². The van der Waals surface area contributed by atoms with Crippen LogP contribution in [0.5, 0.6) is 0 Å². The SMILES string of the molecule is CC(C)(C(=O)NC(C)(CN)C1CC1)c1ccccc1. The van der Waals surface area contributed by atoms with Crippen molar-refractivity contribution < 1.29 is 4.79 Å². The second-order valence-corrected chi connectivity index (χ2v) is 6.34. The zero-order valence-corrected chi connectivity index (χ0v) is 12.1. The van der Waals surface area contributed by atoms with Crippen LogP contribution in [0, 0.1) is 5.92 Å². The average molecular weight is 260 g/mol. The van der Waals surface area contributed by atoms with Gasteiger partial charge in [-0.15, -0.1) is 0 Å². The van der Waals surface area contributed by atoms with Crippen molar-refractivity contribution >= 4 is 5.91 Å². The van der Waals surface area contributed by atoms with Crippen molar-refractivity contribution in [1.29, 1.82) is 0 Å². The van der Waals surface area contributed by atoms with Crippen molar-refractivity contribution in [2.24, 2.45) is 11.7 Å². The van der Waals surface area contributed by atoms with E-state index in [9.17, 15) is 4.79 Å². The molecule has 0 aromatic heterocycles. The van der Waals surface area contributed by atoms with Crippen molar-refractivity contribution in [2.45, 2.75) is 44.6 Å². The van der Waals surface area contributed by atoms with E-state index in [2.05, 4.69) is 12.2 Å². The van der Waals surface area contributed by atoms with Crippen molar-refractivity contribution in [1.82, 2.24) is 5.32 Å². The van der Waals surface area contributed by atoms with Crippen LogP contribution in [0.1, 0.15) is 39.2 Å². The maximum absolute atomic E-state index is 12.6. The highest BCUT2D eigenvalue weighted by molar-refractivity contribution is 5.88. The lowest BCUT2D eigenvalue weighted by atomic mass is 9.82. The zero-order chi connectivity index (χ0) is 14.1. The highest BCUT2D eigenvalue weighted by Gasteiger charge is 2.43. The van der Waals surface area contributed by atoms with Crippen LogP contribution < -0.4 is 11.1 Å². The normalized spacial score (nSPS) is 18.7. The maximum atomic E-state index is 12.6. The topological polar surface area (TPSA) is 55.1 Å². The lowest BCUT2D eigenvalue weighted by molar-refractivity contribution is -0.127. The molecule has 1 unspecified atom stereocenters. The summed E-state index contributed by atoms with van der Waals surface area (Å²) < 4.78 is 0. The second-order valence-electron chi connectivity index (χ2n) is 6.34. The third kappa shape index (κ3) is 2.81. The molecule has 0 aliphatic heterocycles. The number of rotatable bonds is 5. The Bertz CT molecular complexity index is 451. The quantitative estimate of drug-likeness (QED) is 0.853. The number of benzene rings is 1. The Morgan fingerprint density at radius 2 is 1.84 bits per heavy atom. The molecule has 1 aliphatic carbocycles. The largest absolute Gasteiger partial charge is 0.349 e. The van der Waals surface area contributed by atoms with Crippen LogP contribution in [-0.4, -0.2) is 18.0 Å². The fourth-order valence-electron chi connectivity index (χ4n) is 2.44. The summed E-state index contributed by atoms with van der Waals surface area (Å²) in [6, 6.07) is 9.89. The van der Waals surface area contributed by atoms with E-state index >= 15 is 0 Å². The van der Waals surface area contributed by atoms with E-state index in [1.165, 1.54) is 12.8 Å². The molecule has 1 fully saturated rings. The molecule has 1 atom stereocenters. The van der Waals surface area contributed by atoms with Gasteiger partial charge in [-0.25, -0.2) is 0 Å². The van der Waals surface area contributed by atoms with Crippen LogP contribution in [0.15, 0.2) is 30.3 Å². The zero-order valence-electron chi connectivity index (χ0n) is 12.1. The number of carbonyl (C=O) groups is 1. The third-order valence-corrected chi connectivity index (χ3v) is 4.36. The van der Waals surface area contributed by atoms with E-state index in [0.717, 1.165) is 5.56 Å². The molecule has 3 nitrogen and oxygen atoms in total. The fraction of sp³-hybridized carbons (Fsp3) is 0.562. The molecule has 0 radical (unpaired) electrons.